The minimum absolute atomic E-state index is 0.312. The van der Waals surface area contributed by atoms with E-state index in [1.165, 1.54) is 19.3 Å². The van der Waals surface area contributed by atoms with E-state index in [4.69, 9.17) is 5.73 Å². The summed E-state index contributed by atoms with van der Waals surface area (Å²) in [6.45, 7) is 2.27. The summed E-state index contributed by atoms with van der Waals surface area (Å²) in [6.07, 6.45) is 10.7. The van der Waals surface area contributed by atoms with Crippen LogP contribution in [0.5, 0.6) is 0 Å². The average Bonchev–Trinajstić information content (AvgIpc) is 2.71. The van der Waals surface area contributed by atoms with E-state index in [9.17, 15) is 0 Å². The maximum atomic E-state index is 6.14. The summed E-state index contributed by atoms with van der Waals surface area (Å²) >= 11 is 0. The van der Waals surface area contributed by atoms with Crippen molar-refractivity contribution < 1.29 is 0 Å². The van der Waals surface area contributed by atoms with Crippen molar-refractivity contribution >= 4 is 0 Å². The van der Waals surface area contributed by atoms with E-state index < -0.39 is 0 Å². The molecule has 0 aromatic carbocycles. The SMILES string of the molecule is CCC1CCC(N)C(n2ccnc2)C1. The summed E-state index contributed by atoms with van der Waals surface area (Å²) in [6, 6.07) is 0.781. The van der Waals surface area contributed by atoms with Crippen molar-refractivity contribution in [1.29, 1.82) is 0 Å². The molecule has 1 saturated carbocycles. The second kappa shape index (κ2) is 4.13. The van der Waals surface area contributed by atoms with Crippen LogP contribution in [0.1, 0.15) is 38.6 Å². The smallest absolute Gasteiger partial charge is 0.0949 e. The second-order valence-electron chi connectivity index (χ2n) is 4.33. The molecule has 3 heteroatoms. The molecule has 1 aliphatic rings. The van der Waals surface area contributed by atoms with E-state index in [1.54, 1.807) is 0 Å². The second-order valence-corrected chi connectivity index (χ2v) is 4.33. The fourth-order valence-electron chi connectivity index (χ4n) is 2.43. The Morgan fingerprint density at radius 3 is 3.00 bits per heavy atom. The van der Waals surface area contributed by atoms with Crippen molar-refractivity contribution in [3.63, 3.8) is 0 Å². The van der Waals surface area contributed by atoms with E-state index in [2.05, 4.69) is 16.5 Å². The highest BCUT2D eigenvalue weighted by Gasteiger charge is 2.27. The molecular formula is C11H19N3. The van der Waals surface area contributed by atoms with Gasteiger partial charge < -0.3 is 10.3 Å². The molecule has 1 aromatic heterocycles. The largest absolute Gasteiger partial charge is 0.333 e. The van der Waals surface area contributed by atoms with Gasteiger partial charge in [0.25, 0.3) is 0 Å². The summed E-state index contributed by atoms with van der Waals surface area (Å²) in [4.78, 5) is 4.09. The van der Waals surface area contributed by atoms with Crippen molar-refractivity contribution in [2.24, 2.45) is 11.7 Å². The van der Waals surface area contributed by atoms with Gasteiger partial charge >= 0.3 is 0 Å². The van der Waals surface area contributed by atoms with Gasteiger partial charge in [0.15, 0.2) is 0 Å². The Balaban J connectivity index is 2.09. The van der Waals surface area contributed by atoms with Gasteiger partial charge in [-0.3, -0.25) is 0 Å². The van der Waals surface area contributed by atoms with Crippen LogP contribution in [0.3, 0.4) is 0 Å². The molecule has 0 amide bonds. The monoisotopic (exact) mass is 193 g/mol. The Kier molecular flexibility index (Phi) is 2.87. The maximum absolute atomic E-state index is 6.14. The van der Waals surface area contributed by atoms with Crippen LogP contribution < -0.4 is 5.73 Å². The number of hydrogen-bond acceptors (Lipinski definition) is 2. The summed E-state index contributed by atoms with van der Waals surface area (Å²) in [5.41, 5.74) is 6.14. The predicted octanol–water partition coefficient (Wildman–Crippen LogP) is 1.96. The quantitative estimate of drug-likeness (QED) is 0.780. The fourth-order valence-corrected chi connectivity index (χ4v) is 2.43. The van der Waals surface area contributed by atoms with Crippen LogP contribution >= 0.6 is 0 Å². The van der Waals surface area contributed by atoms with Gasteiger partial charge in [0, 0.05) is 24.5 Å². The highest BCUT2D eigenvalue weighted by Crippen LogP contribution is 2.33. The number of nitrogens with zero attached hydrogens (tertiary/aromatic N) is 2. The normalized spacial score (nSPS) is 33.1. The first-order valence-electron chi connectivity index (χ1n) is 5.54. The fraction of sp³-hybridized carbons (Fsp3) is 0.727. The first kappa shape index (κ1) is 9.71. The van der Waals surface area contributed by atoms with Crippen molar-refractivity contribution in [2.45, 2.75) is 44.7 Å². The zero-order valence-electron chi connectivity index (χ0n) is 8.76. The summed E-state index contributed by atoms with van der Waals surface area (Å²) < 4.78 is 2.17. The molecule has 78 valence electrons. The molecule has 0 bridgehead atoms. The molecule has 1 aromatic rings. The first-order valence-corrected chi connectivity index (χ1v) is 5.54. The van der Waals surface area contributed by atoms with Crippen LogP contribution in [0.4, 0.5) is 0 Å². The molecule has 3 atom stereocenters. The van der Waals surface area contributed by atoms with E-state index in [1.807, 2.05) is 18.7 Å². The number of aromatic nitrogens is 2. The standard InChI is InChI=1S/C11H19N3/c1-2-9-3-4-10(12)11(7-9)14-6-5-13-8-14/h5-6,8-11H,2-4,7,12H2,1H3. The first-order chi connectivity index (χ1) is 6.81. The molecule has 2 rings (SSSR count). The molecule has 0 radical (unpaired) electrons. The molecular weight excluding hydrogens is 174 g/mol. The lowest BCUT2D eigenvalue weighted by Gasteiger charge is -2.34. The summed E-state index contributed by atoms with van der Waals surface area (Å²) in [5.74, 6) is 0.849. The zero-order valence-corrected chi connectivity index (χ0v) is 8.76. The molecule has 0 spiro atoms. The van der Waals surface area contributed by atoms with E-state index in [-0.39, 0.29) is 0 Å². The van der Waals surface area contributed by atoms with Crippen molar-refractivity contribution in [2.75, 3.05) is 0 Å². The minimum atomic E-state index is 0.312. The van der Waals surface area contributed by atoms with E-state index in [0.29, 0.717) is 12.1 Å². The third-order valence-corrected chi connectivity index (χ3v) is 3.46. The molecule has 3 nitrogen and oxygen atoms in total. The van der Waals surface area contributed by atoms with E-state index >= 15 is 0 Å². The summed E-state index contributed by atoms with van der Waals surface area (Å²) in [7, 11) is 0. The Morgan fingerprint density at radius 1 is 1.50 bits per heavy atom. The molecule has 0 aliphatic heterocycles. The number of imidazole rings is 1. The third-order valence-electron chi connectivity index (χ3n) is 3.46. The van der Waals surface area contributed by atoms with Gasteiger partial charge in [0.2, 0.25) is 0 Å². The van der Waals surface area contributed by atoms with Gasteiger partial charge in [0.1, 0.15) is 0 Å². The third kappa shape index (κ3) is 1.82. The van der Waals surface area contributed by atoms with Gasteiger partial charge in [-0.05, 0) is 25.2 Å². The molecule has 1 fully saturated rings. The van der Waals surface area contributed by atoms with Crippen LogP contribution in [0.2, 0.25) is 0 Å². The molecule has 0 saturated heterocycles. The molecule has 1 heterocycles. The number of nitrogens with two attached hydrogens (primary N) is 1. The Hall–Kier alpha value is -0.830. The topological polar surface area (TPSA) is 43.8 Å². The Bertz CT molecular complexity index is 268. The van der Waals surface area contributed by atoms with Crippen molar-refractivity contribution in [1.82, 2.24) is 9.55 Å². The average molecular weight is 193 g/mol. The minimum Gasteiger partial charge on any atom is -0.333 e. The highest BCUT2D eigenvalue weighted by atomic mass is 15.1. The molecule has 2 N–H and O–H groups in total. The van der Waals surface area contributed by atoms with Gasteiger partial charge in [-0.25, -0.2) is 4.98 Å². The summed E-state index contributed by atoms with van der Waals surface area (Å²) in [5, 5.41) is 0. The van der Waals surface area contributed by atoms with E-state index in [0.717, 1.165) is 12.3 Å². The lowest BCUT2D eigenvalue weighted by atomic mass is 9.81. The van der Waals surface area contributed by atoms with Gasteiger partial charge in [0.05, 0.1) is 6.33 Å². The van der Waals surface area contributed by atoms with Gasteiger partial charge in [-0.2, -0.15) is 0 Å². The van der Waals surface area contributed by atoms with Crippen LogP contribution in [-0.4, -0.2) is 15.6 Å². The lowest BCUT2D eigenvalue weighted by Crippen LogP contribution is -2.37. The lowest BCUT2D eigenvalue weighted by molar-refractivity contribution is 0.230. The Morgan fingerprint density at radius 2 is 2.36 bits per heavy atom. The van der Waals surface area contributed by atoms with Crippen LogP contribution in [0, 0.1) is 5.92 Å². The predicted molar refractivity (Wildman–Crippen MR) is 56.9 cm³/mol. The molecule has 1 aliphatic carbocycles. The van der Waals surface area contributed by atoms with Crippen molar-refractivity contribution in [3.8, 4) is 0 Å². The van der Waals surface area contributed by atoms with Crippen molar-refractivity contribution in [3.05, 3.63) is 18.7 Å². The zero-order chi connectivity index (χ0) is 9.97. The molecule has 3 unspecified atom stereocenters. The van der Waals surface area contributed by atoms with Gasteiger partial charge in [-0.1, -0.05) is 13.3 Å². The van der Waals surface area contributed by atoms with Gasteiger partial charge in [-0.15, -0.1) is 0 Å². The maximum Gasteiger partial charge on any atom is 0.0949 e. The Labute approximate surface area is 85.3 Å². The van der Waals surface area contributed by atoms with Crippen LogP contribution in [0.25, 0.3) is 0 Å². The number of rotatable bonds is 2. The molecule has 14 heavy (non-hydrogen) atoms. The highest BCUT2D eigenvalue weighted by molar-refractivity contribution is 4.90. The van der Waals surface area contributed by atoms with Crippen LogP contribution in [0.15, 0.2) is 18.7 Å². The number of hydrogen-bond donors (Lipinski definition) is 1. The van der Waals surface area contributed by atoms with Crippen LogP contribution in [-0.2, 0) is 0 Å².